The molecule has 0 saturated heterocycles. The van der Waals surface area contributed by atoms with Crippen LogP contribution in [0.25, 0.3) is 21.9 Å². The molecule has 0 atom stereocenters. The summed E-state index contributed by atoms with van der Waals surface area (Å²) in [5.74, 6) is 2.80. The molecular weight excluding hydrogens is 496 g/mol. The maximum absolute atomic E-state index is 12.0. The molecule has 5 aromatic rings. The first-order valence-electron chi connectivity index (χ1n) is 12.2. The van der Waals surface area contributed by atoms with E-state index >= 15 is 0 Å². The van der Waals surface area contributed by atoms with Crippen LogP contribution in [0.5, 0.6) is 23.0 Å². The van der Waals surface area contributed by atoms with Gasteiger partial charge < -0.3 is 14.2 Å². The molecule has 0 N–H and O–H groups in total. The lowest BCUT2D eigenvalue weighted by molar-refractivity contribution is 0.306. The zero-order valence-electron chi connectivity index (χ0n) is 21.1. The SMILES string of the molecule is C[CH]Oc1ccc(Oc2c(-c3ccc(S(C)(=O)=O)cc3)ccc3cc(OCc4ccccc4)ccc23)cc1. The molecule has 0 amide bonds. The predicted molar refractivity (Wildman–Crippen MR) is 150 cm³/mol. The molecule has 0 aliphatic carbocycles. The monoisotopic (exact) mass is 523 g/mol. The molecule has 191 valence electrons. The van der Waals surface area contributed by atoms with Gasteiger partial charge in [-0.2, -0.15) is 0 Å². The van der Waals surface area contributed by atoms with E-state index in [4.69, 9.17) is 14.2 Å². The van der Waals surface area contributed by atoms with E-state index in [1.807, 2.05) is 91.9 Å². The highest BCUT2D eigenvalue weighted by atomic mass is 32.2. The summed E-state index contributed by atoms with van der Waals surface area (Å²) in [6.07, 6.45) is 1.20. The molecule has 0 aromatic heterocycles. The first-order chi connectivity index (χ1) is 18.4. The van der Waals surface area contributed by atoms with Gasteiger partial charge >= 0.3 is 0 Å². The largest absolute Gasteiger partial charge is 0.489 e. The van der Waals surface area contributed by atoms with Gasteiger partial charge in [0.15, 0.2) is 9.84 Å². The summed E-state index contributed by atoms with van der Waals surface area (Å²) in [5, 5.41) is 1.87. The van der Waals surface area contributed by atoms with Crippen LogP contribution in [0.2, 0.25) is 0 Å². The third-order valence-corrected chi connectivity index (χ3v) is 7.21. The van der Waals surface area contributed by atoms with Crippen molar-refractivity contribution in [1.29, 1.82) is 0 Å². The maximum atomic E-state index is 12.0. The van der Waals surface area contributed by atoms with E-state index in [1.54, 1.807) is 30.9 Å². The van der Waals surface area contributed by atoms with Gasteiger partial charge in [0.2, 0.25) is 0 Å². The number of rotatable bonds is 9. The van der Waals surface area contributed by atoms with Crippen LogP contribution in [0.1, 0.15) is 12.5 Å². The molecule has 5 rings (SSSR count). The number of sulfone groups is 1. The molecule has 0 saturated carbocycles. The van der Waals surface area contributed by atoms with Crippen molar-refractivity contribution >= 4 is 20.6 Å². The molecule has 0 aliphatic heterocycles. The Labute approximate surface area is 223 Å². The second kappa shape index (κ2) is 11.0. The van der Waals surface area contributed by atoms with Crippen molar-refractivity contribution in [2.24, 2.45) is 0 Å². The third kappa shape index (κ3) is 5.82. The molecule has 0 spiro atoms. The van der Waals surface area contributed by atoms with Crippen LogP contribution in [-0.2, 0) is 16.4 Å². The summed E-state index contributed by atoms with van der Waals surface area (Å²) in [6.45, 7) is 3.92. The lowest BCUT2D eigenvalue weighted by atomic mass is 9.99. The lowest BCUT2D eigenvalue weighted by Crippen LogP contribution is -1.97. The van der Waals surface area contributed by atoms with Crippen LogP contribution < -0.4 is 14.2 Å². The minimum Gasteiger partial charge on any atom is -0.489 e. The first-order valence-corrected chi connectivity index (χ1v) is 14.1. The van der Waals surface area contributed by atoms with Crippen LogP contribution in [0.3, 0.4) is 0 Å². The second-order valence-electron chi connectivity index (χ2n) is 8.82. The smallest absolute Gasteiger partial charge is 0.175 e. The van der Waals surface area contributed by atoms with Crippen molar-refractivity contribution in [3.8, 4) is 34.1 Å². The highest BCUT2D eigenvalue weighted by Crippen LogP contribution is 2.41. The van der Waals surface area contributed by atoms with Gasteiger partial charge in [-0.3, -0.25) is 0 Å². The molecule has 5 nitrogen and oxygen atoms in total. The van der Waals surface area contributed by atoms with Crippen LogP contribution in [0.4, 0.5) is 0 Å². The summed E-state index contributed by atoms with van der Waals surface area (Å²) >= 11 is 0. The summed E-state index contributed by atoms with van der Waals surface area (Å²) in [5.41, 5.74) is 2.79. The highest BCUT2D eigenvalue weighted by Gasteiger charge is 2.15. The summed E-state index contributed by atoms with van der Waals surface area (Å²) < 4.78 is 41.9. The molecule has 6 heteroatoms. The van der Waals surface area contributed by atoms with Gasteiger partial charge in [-0.15, -0.1) is 0 Å². The molecule has 0 aliphatic rings. The van der Waals surface area contributed by atoms with Gasteiger partial charge in [-0.25, -0.2) is 8.42 Å². The number of benzene rings is 5. The topological polar surface area (TPSA) is 61.8 Å². The van der Waals surface area contributed by atoms with Crippen molar-refractivity contribution in [3.63, 3.8) is 0 Å². The molecule has 0 heterocycles. The molecule has 5 aromatic carbocycles. The molecule has 0 fully saturated rings. The van der Waals surface area contributed by atoms with E-state index in [0.717, 1.165) is 39.0 Å². The van der Waals surface area contributed by atoms with E-state index in [2.05, 4.69) is 0 Å². The Morgan fingerprint density at radius 1 is 0.737 bits per heavy atom. The maximum Gasteiger partial charge on any atom is 0.175 e. The second-order valence-corrected chi connectivity index (χ2v) is 10.8. The highest BCUT2D eigenvalue weighted by molar-refractivity contribution is 7.90. The Hall–Kier alpha value is -4.29. The van der Waals surface area contributed by atoms with Gasteiger partial charge in [-0.1, -0.05) is 48.5 Å². The van der Waals surface area contributed by atoms with E-state index in [1.165, 1.54) is 6.26 Å². The Bertz CT molecular complexity index is 1640. The van der Waals surface area contributed by atoms with Crippen molar-refractivity contribution in [2.75, 3.05) is 6.26 Å². The summed E-state index contributed by atoms with van der Waals surface area (Å²) in [7, 11) is -3.29. The van der Waals surface area contributed by atoms with Crippen LogP contribution in [-0.4, -0.2) is 14.7 Å². The van der Waals surface area contributed by atoms with E-state index in [-0.39, 0.29) is 4.90 Å². The Kier molecular flexibility index (Phi) is 7.33. The standard InChI is InChI=1S/C32H27O5S/c1-3-35-26-12-14-27(15-13-26)37-32-30(24-9-17-29(18-10-24)38(2,33)34)19-11-25-21-28(16-20-31(25)32)36-22-23-7-5-4-6-8-23/h3-21H,22H2,1-2H3. The average Bonchev–Trinajstić information content (AvgIpc) is 2.93. The minimum absolute atomic E-state index is 0.271. The van der Waals surface area contributed by atoms with Crippen molar-refractivity contribution in [2.45, 2.75) is 18.4 Å². The Morgan fingerprint density at radius 3 is 2.11 bits per heavy atom. The van der Waals surface area contributed by atoms with Crippen molar-refractivity contribution in [3.05, 3.63) is 121 Å². The van der Waals surface area contributed by atoms with Gasteiger partial charge in [0.25, 0.3) is 0 Å². The number of hydrogen-bond donors (Lipinski definition) is 0. The van der Waals surface area contributed by atoms with E-state index in [0.29, 0.717) is 18.1 Å². The third-order valence-electron chi connectivity index (χ3n) is 6.08. The number of hydrogen-bond acceptors (Lipinski definition) is 5. The fourth-order valence-electron chi connectivity index (χ4n) is 4.17. The number of fused-ring (bicyclic) bond motifs is 1. The molecule has 1 radical (unpaired) electrons. The van der Waals surface area contributed by atoms with Gasteiger partial charge in [-0.05, 0) is 84.1 Å². The fraction of sp³-hybridized carbons (Fsp3) is 0.0938. The molecular formula is C32H27O5S. The van der Waals surface area contributed by atoms with E-state index in [9.17, 15) is 8.42 Å². The average molecular weight is 524 g/mol. The zero-order valence-corrected chi connectivity index (χ0v) is 21.9. The minimum atomic E-state index is -3.29. The lowest BCUT2D eigenvalue weighted by Gasteiger charge is -2.16. The molecule has 0 unspecified atom stereocenters. The van der Waals surface area contributed by atoms with Crippen LogP contribution >= 0.6 is 0 Å². The Balaban J connectivity index is 1.53. The summed E-state index contributed by atoms with van der Waals surface area (Å²) in [6, 6.07) is 34.2. The van der Waals surface area contributed by atoms with Crippen LogP contribution in [0, 0.1) is 6.61 Å². The zero-order chi connectivity index (χ0) is 26.5. The van der Waals surface area contributed by atoms with Gasteiger partial charge in [0.1, 0.15) is 36.2 Å². The fourth-order valence-corrected chi connectivity index (χ4v) is 4.80. The van der Waals surface area contributed by atoms with Gasteiger partial charge in [0, 0.05) is 17.2 Å². The quantitative estimate of drug-likeness (QED) is 0.197. The first kappa shape index (κ1) is 25.4. The molecule has 0 bridgehead atoms. The predicted octanol–water partition coefficient (Wildman–Crippen LogP) is 7.84. The van der Waals surface area contributed by atoms with Crippen molar-refractivity contribution < 1.29 is 22.6 Å². The van der Waals surface area contributed by atoms with Crippen LogP contribution in [0.15, 0.2) is 114 Å². The Morgan fingerprint density at radius 2 is 1.42 bits per heavy atom. The summed E-state index contributed by atoms with van der Waals surface area (Å²) in [4.78, 5) is 0.271. The van der Waals surface area contributed by atoms with Gasteiger partial charge in [0.05, 0.1) is 4.90 Å². The van der Waals surface area contributed by atoms with Crippen molar-refractivity contribution in [1.82, 2.24) is 0 Å². The number of ether oxygens (including phenoxy) is 3. The van der Waals surface area contributed by atoms with E-state index < -0.39 is 9.84 Å². The molecule has 38 heavy (non-hydrogen) atoms. The normalized spacial score (nSPS) is 11.3.